The van der Waals surface area contributed by atoms with E-state index in [0.717, 1.165) is 15.8 Å². The van der Waals surface area contributed by atoms with E-state index in [0.29, 0.717) is 31.0 Å². The van der Waals surface area contributed by atoms with Gasteiger partial charge in [-0.05, 0) is 24.1 Å². The van der Waals surface area contributed by atoms with Gasteiger partial charge in [-0.2, -0.15) is 0 Å². The first-order valence-electron chi connectivity index (χ1n) is 9.19. The van der Waals surface area contributed by atoms with Crippen molar-refractivity contribution >= 4 is 11.5 Å². The van der Waals surface area contributed by atoms with Crippen LogP contribution >= 0.6 is 0 Å². The van der Waals surface area contributed by atoms with E-state index < -0.39 is 5.69 Å². The maximum Gasteiger partial charge on any atom is 0.331 e. The summed E-state index contributed by atoms with van der Waals surface area (Å²) in [7, 11) is 0. The van der Waals surface area contributed by atoms with Crippen LogP contribution in [0.5, 0.6) is 0 Å². The minimum atomic E-state index is -0.473. The van der Waals surface area contributed by atoms with Crippen LogP contribution in [0.25, 0.3) is 0 Å². The molecule has 6 heteroatoms. The zero-order valence-electron chi connectivity index (χ0n) is 15.4. The van der Waals surface area contributed by atoms with E-state index >= 15 is 0 Å². The second kappa shape index (κ2) is 8.10. The zero-order chi connectivity index (χ0) is 19.3. The van der Waals surface area contributed by atoms with Gasteiger partial charge in [0.25, 0.3) is 5.56 Å². The summed E-state index contributed by atoms with van der Waals surface area (Å²) in [5, 5.41) is 0. The summed E-state index contributed by atoms with van der Waals surface area (Å²) in [5.74, 6) is 0.547. The van der Waals surface area contributed by atoms with E-state index in [4.69, 9.17) is 4.74 Å². The minimum absolute atomic E-state index is 0.0919. The fourth-order valence-corrected chi connectivity index (χ4v) is 3.28. The Balaban J connectivity index is 1.64. The van der Waals surface area contributed by atoms with Crippen molar-refractivity contribution < 1.29 is 4.74 Å². The average molecular weight is 375 g/mol. The Hall–Kier alpha value is -3.38. The highest BCUT2D eigenvalue weighted by molar-refractivity contribution is 5.64. The van der Waals surface area contributed by atoms with Crippen molar-refractivity contribution in [3.63, 3.8) is 0 Å². The summed E-state index contributed by atoms with van der Waals surface area (Å²) in [6.07, 6.45) is 4.42. The molecule has 28 heavy (non-hydrogen) atoms. The third-order valence-electron chi connectivity index (χ3n) is 4.71. The molecule has 0 aliphatic carbocycles. The van der Waals surface area contributed by atoms with Gasteiger partial charge in [-0.3, -0.25) is 9.78 Å². The Labute approximate surface area is 162 Å². The first kappa shape index (κ1) is 18.0. The molecule has 0 bridgehead atoms. The third kappa shape index (κ3) is 3.68. The van der Waals surface area contributed by atoms with Crippen molar-refractivity contribution in [3.05, 3.63) is 105 Å². The molecular formula is C22H21N3O3. The lowest BCUT2D eigenvalue weighted by Crippen LogP contribution is -2.39. The van der Waals surface area contributed by atoms with Crippen LogP contribution in [0, 0.1) is 0 Å². The Morgan fingerprint density at radius 2 is 1.64 bits per heavy atom. The number of benzene rings is 2. The number of anilines is 2. The molecule has 0 atom stereocenters. The fraction of sp³-hybridized carbons (Fsp3) is 0.182. The number of allylic oxidation sites excluding steroid dienone is 1. The Bertz CT molecular complexity index is 1090. The summed E-state index contributed by atoms with van der Waals surface area (Å²) in [6.45, 7) is 0.826. The van der Waals surface area contributed by atoms with Crippen molar-refractivity contribution in [3.8, 4) is 0 Å². The second-order valence-electron chi connectivity index (χ2n) is 6.58. The number of fused-ring (bicyclic) bond motifs is 1. The quantitative estimate of drug-likeness (QED) is 0.696. The van der Waals surface area contributed by atoms with Crippen LogP contribution in [0.2, 0.25) is 0 Å². The van der Waals surface area contributed by atoms with Crippen LogP contribution in [-0.2, 0) is 24.5 Å². The number of hydrogen-bond acceptors (Lipinski definition) is 4. The van der Waals surface area contributed by atoms with Crippen molar-refractivity contribution in [1.82, 2.24) is 9.55 Å². The maximum atomic E-state index is 13.0. The number of aromatic amines is 1. The highest BCUT2D eigenvalue weighted by atomic mass is 16.5. The molecule has 142 valence electrons. The molecule has 6 nitrogen and oxygen atoms in total. The maximum absolute atomic E-state index is 13.0. The van der Waals surface area contributed by atoms with Gasteiger partial charge >= 0.3 is 5.69 Å². The number of nitrogens with one attached hydrogen (secondary N) is 1. The number of aromatic nitrogens is 2. The van der Waals surface area contributed by atoms with Crippen molar-refractivity contribution in [2.24, 2.45) is 0 Å². The summed E-state index contributed by atoms with van der Waals surface area (Å²) in [5.41, 5.74) is 1.67. The molecule has 0 fully saturated rings. The van der Waals surface area contributed by atoms with Gasteiger partial charge in [-0.1, -0.05) is 60.7 Å². The monoisotopic (exact) mass is 375 g/mol. The molecule has 0 unspecified atom stereocenters. The lowest BCUT2D eigenvalue weighted by atomic mass is 10.2. The second-order valence-corrected chi connectivity index (χ2v) is 6.58. The summed E-state index contributed by atoms with van der Waals surface area (Å²) in [6, 6.07) is 19.3. The minimum Gasteiger partial charge on any atom is -0.356 e. The lowest BCUT2D eigenvalue weighted by molar-refractivity contribution is 0.0587. The Kier molecular flexibility index (Phi) is 5.21. The number of para-hydroxylation sites is 1. The molecule has 1 aromatic heterocycles. The molecule has 0 radical (unpaired) electrons. The smallest absolute Gasteiger partial charge is 0.331 e. The molecule has 2 aromatic carbocycles. The van der Waals surface area contributed by atoms with Gasteiger partial charge < -0.3 is 9.64 Å². The van der Waals surface area contributed by atoms with Crippen LogP contribution in [0.15, 0.2) is 82.4 Å². The van der Waals surface area contributed by atoms with E-state index in [2.05, 4.69) is 4.98 Å². The predicted octanol–water partition coefficient (Wildman–Crippen LogP) is 2.96. The van der Waals surface area contributed by atoms with Crippen molar-refractivity contribution in [2.75, 3.05) is 11.4 Å². The molecule has 0 saturated heterocycles. The van der Waals surface area contributed by atoms with Crippen LogP contribution in [0.4, 0.5) is 11.5 Å². The number of rotatable bonds is 5. The fourth-order valence-electron chi connectivity index (χ4n) is 3.28. The van der Waals surface area contributed by atoms with Crippen LogP contribution in [0.1, 0.15) is 11.1 Å². The van der Waals surface area contributed by atoms with E-state index in [1.807, 2.05) is 77.7 Å². The van der Waals surface area contributed by atoms with Gasteiger partial charge in [-0.25, -0.2) is 9.36 Å². The number of nitrogens with zero attached hydrogens (tertiary/aromatic N) is 2. The molecule has 0 saturated carbocycles. The normalized spacial score (nSPS) is 13.2. The van der Waals surface area contributed by atoms with E-state index in [1.54, 1.807) is 0 Å². The third-order valence-corrected chi connectivity index (χ3v) is 4.71. The van der Waals surface area contributed by atoms with Crippen LogP contribution in [-0.4, -0.2) is 16.1 Å². The zero-order valence-corrected chi connectivity index (χ0v) is 15.4. The highest BCUT2D eigenvalue weighted by Crippen LogP contribution is 2.26. The molecule has 4 rings (SSSR count). The SMILES string of the molecule is O=c1[nH]c2c(c(=O)n1COCc1ccccc1)CC=CCN2c1ccccc1. The molecule has 0 amide bonds. The topological polar surface area (TPSA) is 67.3 Å². The molecule has 1 aliphatic rings. The van der Waals surface area contributed by atoms with Crippen LogP contribution < -0.4 is 16.1 Å². The highest BCUT2D eigenvalue weighted by Gasteiger charge is 2.20. The number of ether oxygens (including phenoxy) is 1. The summed E-state index contributed by atoms with van der Waals surface area (Å²) in [4.78, 5) is 30.5. The number of hydrogen-bond donors (Lipinski definition) is 1. The van der Waals surface area contributed by atoms with Gasteiger partial charge in [0, 0.05) is 12.2 Å². The average Bonchev–Trinajstić information content (AvgIpc) is 2.94. The van der Waals surface area contributed by atoms with E-state index in [1.165, 1.54) is 0 Å². The number of H-pyrrole nitrogens is 1. The Morgan fingerprint density at radius 3 is 2.39 bits per heavy atom. The van der Waals surface area contributed by atoms with Crippen LogP contribution in [0.3, 0.4) is 0 Å². The first-order chi connectivity index (χ1) is 13.7. The van der Waals surface area contributed by atoms with Gasteiger partial charge in [0.15, 0.2) is 0 Å². The molecule has 3 aromatic rings. The standard InChI is InChI=1S/C22H21N3O3/c26-21-19-13-7-8-14-24(18-11-5-2-6-12-18)20(19)23-22(27)25(21)16-28-15-17-9-3-1-4-10-17/h1-12H,13-16H2,(H,23,27). The molecular weight excluding hydrogens is 354 g/mol. The van der Waals surface area contributed by atoms with Crippen molar-refractivity contribution in [2.45, 2.75) is 19.8 Å². The lowest BCUT2D eigenvalue weighted by Gasteiger charge is -2.24. The molecule has 2 heterocycles. The first-order valence-corrected chi connectivity index (χ1v) is 9.19. The predicted molar refractivity (Wildman–Crippen MR) is 109 cm³/mol. The summed E-state index contributed by atoms with van der Waals surface area (Å²) < 4.78 is 6.73. The van der Waals surface area contributed by atoms with E-state index in [-0.39, 0.29) is 12.3 Å². The molecule has 1 aliphatic heterocycles. The van der Waals surface area contributed by atoms with Gasteiger partial charge in [0.1, 0.15) is 12.5 Å². The van der Waals surface area contributed by atoms with Crippen molar-refractivity contribution in [1.29, 1.82) is 0 Å². The van der Waals surface area contributed by atoms with E-state index in [9.17, 15) is 9.59 Å². The molecule has 0 spiro atoms. The Morgan fingerprint density at radius 1 is 0.929 bits per heavy atom. The van der Waals surface area contributed by atoms with Gasteiger partial charge in [0.2, 0.25) is 0 Å². The molecule has 1 N–H and O–H groups in total. The largest absolute Gasteiger partial charge is 0.356 e. The summed E-state index contributed by atoms with van der Waals surface area (Å²) >= 11 is 0. The van der Waals surface area contributed by atoms with Gasteiger partial charge in [-0.15, -0.1) is 0 Å². The van der Waals surface area contributed by atoms with Gasteiger partial charge in [0.05, 0.1) is 12.2 Å².